The maximum Gasteiger partial charge on any atom is 0.0657 e. The lowest BCUT2D eigenvalue weighted by atomic mass is 9.70. The van der Waals surface area contributed by atoms with Gasteiger partial charge < -0.3 is 5.11 Å². The first kappa shape index (κ1) is 14.5. The fourth-order valence-electron chi connectivity index (χ4n) is 3.03. The van der Waals surface area contributed by atoms with Crippen LogP contribution < -0.4 is 0 Å². The lowest BCUT2D eigenvalue weighted by molar-refractivity contribution is 0.0528. The molecule has 0 amide bonds. The fraction of sp³-hybridized carbons (Fsp3) is 0.750. The van der Waals surface area contributed by atoms with Gasteiger partial charge >= 0.3 is 0 Å². The molecule has 0 radical (unpaired) electrons. The predicted octanol–water partition coefficient (Wildman–Crippen LogP) is 4.62. The van der Waals surface area contributed by atoms with Crippen molar-refractivity contribution in [2.75, 3.05) is 0 Å². The molecule has 0 bridgehead atoms. The topological polar surface area (TPSA) is 20.2 Å². The maximum absolute atomic E-state index is 10.2. The highest BCUT2D eigenvalue weighted by Crippen LogP contribution is 2.43. The summed E-state index contributed by atoms with van der Waals surface area (Å²) in [5, 5.41) is 10.2. The molecule has 0 fully saturated rings. The van der Waals surface area contributed by atoms with Gasteiger partial charge in [0.25, 0.3) is 0 Å². The second kappa shape index (κ2) is 5.39. The second-order valence-electron chi connectivity index (χ2n) is 6.49. The minimum atomic E-state index is -0.595. The van der Waals surface area contributed by atoms with Crippen LogP contribution in [0, 0.1) is 5.41 Å². The molecule has 1 atom stereocenters. The Morgan fingerprint density at radius 2 is 2.12 bits per heavy atom. The molecule has 0 saturated heterocycles. The molecule has 1 nitrogen and oxygen atoms in total. The van der Waals surface area contributed by atoms with Crippen LogP contribution >= 0.6 is 0 Å². The standard InChI is InChI=1S/C16H28O/c1-6-10-16(5,17)12-9-14-13(2)8-7-11-15(14,3)4/h6,17H,1,7-12H2,2-5H3. The summed E-state index contributed by atoms with van der Waals surface area (Å²) in [6, 6.07) is 0. The molecule has 0 heterocycles. The molecule has 98 valence electrons. The third-order valence-electron chi connectivity index (χ3n) is 4.18. The Bertz CT molecular complexity index is 307. The summed E-state index contributed by atoms with van der Waals surface area (Å²) in [5.74, 6) is 0. The zero-order valence-corrected chi connectivity index (χ0v) is 12.0. The molecule has 0 aliphatic heterocycles. The Balaban J connectivity index is 2.70. The van der Waals surface area contributed by atoms with Gasteiger partial charge in [0.1, 0.15) is 0 Å². The Morgan fingerprint density at radius 3 is 2.65 bits per heavy atom. The van der Waals surface area contributed by atoms with Crippen molar-refractivity contribution in [1.82, 2.24) is 0 Å². The van der Waals surface area contributed by atoms with Crippen LogP contribution in [0.3, 0.4) is 0 Å². The van der Waals surface area contributed by atoms with Crippen LogP contribution in [-0.2, 0) is 0 Å². The van der Waals surface area contributed by atoms with Crippen LogP contribution in [0.1, 0.15) is 66.2 Å². The summed E-state index contributed by atoms with van der Waals surface area (Å²) in [4.78, 5) is 0. The lowest BCUT2D eigenvalue weighted by Crippen LogP contribution is -2.26. The number of hydrogen-bond donors (Lipinski definition) is 1. The monoisotopic (exact) mass is 236 g/mol. The van der Waals surface area contributed by atoms with Crippen LogP contribution in [0.5, 0.6) is 0 Å². The van der Waals surface area contributed by atoms with Gasteiger partial charge in [-0.05, 0) is 57.8 Å². The Hall–Kier alpha value is -0.560. The van der Waals surface area contributed by atoms with E-state index >= 15 is 0 Å². The first-order valence-corrected chi connectivity index (χ1v) is 6.81. The van der Waals surface area contributed by atoms with E-state index < -0.39 is 5.60 Å². The van der Waals surface area contributed by atoms with Gasteiger partial charge in [-0.1, -0.05) is 31.1 Å². The van der Waals surface area contributed by atoms with Crippen molar-refractivity contribution >= 4 is 0 Å². The van der Waals surface area contributed by atoms with E-state index in [0.717, 1.165) is 12.8 Å². The summed E-state index contributed by atoms with van der Waals surface area (Å²) in [6.07, 6.45) is 8.19. The van der Waals surface area contributed by atoms with Gasteiger partial charge in [-0.2, -0.15) is 0 Å². The molecule has 1 aliphatic carbocycles. The van der Waals surface area contributed by atoms with E-state index in [0.29, 0.717) is 11.8 Å². The number of aliphatic hydroxyl groups is 1. The summed E-state index contributed by atoms with van der Waals surface area (Å²) < 4.78 is 0. The minimum Gasteiger partial charge on any atom is -0.390 e. The summed E-state index contributed by atoms with van der Waals surface area (Å²) in [5.41, 5.74) is 2.86. The van der Waals surface area contributed by atoms with Crippen LogP contribution in [0.15, 0.2) is 23.8 Å². The molecular formula is C16H28O. The van der Waals surface area contributed by atoms with Crippen molar-refractivity contribution in [3.63, 3.8) is 0 Å². The largest absolute Gasteiger partial charge is 0.390 e. The molecule has 17 heavy (non-hydrogen) atoms. The quantitative estimate of drug-likeness (QED) is 0.691. The highest BCUT2D eigenvalue weighted by atomic mass is 16.3. The predicted molar refractivity (Wildman–Crippen MR) is 75.0 cm³/mol. The van der Waals surface area contributed by atoms with Crippen molar-refractivity contribution < 1.29 is 5.11 Å². The van der Waals surface area contributed by atoms with Crippen molar-refractivity contribution in [3.05, 3.63) is 23.8 Å². The van der Waals surface area contributed by atoms with Gasteiger partial charge in [0.2, 0.25) is 0 Å². The third kappa shape index (κ3) is 3.99. The van der Waals surface area contributed by atoms with E-state index in [-0.39, 0.29) is 0 Å². The SMILES string of the molecule is C=CCC(C)(O)CCC1=C(C)CCCC1(C)C. The van der Waals surface area contributed by atoms with Crippen molar-refractivity contribution in [1.29, 1.82) is 0 Å². The number of allylic oxidation sites excluding steroid dienone is 2. The zero-order valence-electron chi connectivity index (χ0n) is 12.0. The van der Waals surface area contributed by atoms with Crippen molar-refractivity contribution in [2.45, 2.75) is 71.8 Å². The van der Waals surface area contributed by atoms with Gasteiger partial charge in [0.15, 0.2) is 0 Å². The summed E-state index contributed by atoms with van der Waals surface area (Å²) in [7, 11) is 0. The second-order valence-corrected chi connectivity index (χ2v) is 6.49. The lowest BCUT2D eigenvalue weighted by Gasteiger charge is -2.36. The molecule has 1 rings (SSSR count). The average Bonchev–Trinajstić information content (AvgIpc) is 2.15. The summed E-state index contributed by atoms with van der Waals surface area (Å²) in [6.45, 7) is 12.6. The first-order chi connectivity index (χ1) is 7.78. The normalized spacial score (nSPS) is 23.4. The smallest absolute Gasteiger partial charge is 0.0657 e. The molecule has 0 aromatic rings. The van der Waals surface area contributed by atoms with E-state index in [1.807, 2.05) is 13.0 Å². The maximum atomic E-state index is 10.2. The van der Waals surface area contributed by atoms with Crippen molar-refractivity contribution in [3.8, 4) is 0 Å². The Morgan fingerprint density at radius 1 is 1.47 bits per heavy atom. The number of rotatable bonds is 5. The molecule has 1 unspecified atom stereocenters. The summed E-state index contributed by atoms with van der Waals surface area (Å²) >= 11 is 0. The van der Waals surface area contributed by atoms with Crippen molar-refractivity contribution in [2.24, 2.45) is 5.41 Å². The number of hydrogen-bond acceptors (Lipinski definition) is 1. The van der Waals surface area contributed by atoms with Crippen LogP contribution in [0.4, 0.5) is 0 Å². The molecule has 0 spiro atoms. The molecule has 1 heteroatoms. The first-order valence-electron chi connectivity index (χ1n) is 6.81. The van der Waals surface area contributed by atoms with Crippen LogP contribution in [0.25, 0.3) is 0 Å². The molecule has 1 N–H and O–H groups in total. The Kier molecular flexibility index (Phi) is 4.60. The van der Waals surface area contributed by atoms with Crippen LogP contribution in [0.2, 0.25) is 0 Å². The van der Waals surface area contributed by atoms with E-state index in [1.165, 1.54) is 19.3 Å². The van der Waals surface area contributed by atoms with Gasteiger partial charge in [-0.3, -0.25) is 0 Å². The fourth-order valence-corrected chi connectivity index (χ4v) is 3.03. The van der Waals surface area contributed by atoms with Gasteiger partial charge in [-0.25, -0.2) is 0 Å². The minimum absolute atomic E-state index is 0.326. The van der Waals surface area contributed by atoms with Crippen LogP contribution in [-0.4, -0.2) is 10.7 Å². The molecule has 0 aromatic carbocycles. The molecule has 0 saturated carbocycles. The molecule has 1 aliphatic rings. The van der Waals surface area contributed by atoms with E-state index in [9.17, 15) is 5.11 Å². The molecule has 0 aromatic heterocycles. The third-order valence-corrected chi connectivity index (χ3v) is 4.18. The average molecular weight is 236 g/mol. The van der Waals surface area contributed by atoms with Gasteiger partial charge in [0, 0.05) is 0 Å². The van der Waals surface area contributed by atoms with E-state index in [1.54, 1.807) is 11.1 Å². The van der Waals surface area contributed by atoms with Gasteiger partial charge in [-0.15, -0.1) is 6.58 Å². The van der Waals surface area contributed by atoms with Gasteiger partial charge in [0.05, 0.1) is 5.60 Å². The van der Waals surface area contributed by atoms with E-state index in [2.05, 4.69) is 27.4 Å². The zero-order chi connectivity index (χ0) is 13.1. The Labute approximate surface area is 107 Å². The highest BCUT2D eigenvalue weighted by Gasteiger charge is 2.29. The molecular weight excluding hydrogens is 208 g/mol. The van der Waals surface area contributed by atoms with E-state index in [4.69, 9.17) is 0 Å². The highest BCUT2D eigenvalue weighted by molar-refractivity contribution is 5.22.